The molecule has 31 heavy (non-hydrogen) atoms. The number of carbonyl (C=O) groups is 2. The maximum Gasteiger partial charge on any atom is 0.246 e. The van der Waals surface area contributed by atoms with Crippen LogP contribution < -0.4 is 5.32 Å². The summed E-state index contributed by atoms with van der Waals surface area (Å²) in [6, 6.07) is 20.9. The topological polar surface area (TPSA) is 98.0 Å². The minimum Gasteiger partial charge on any atom is -0.347 e. The van der Waals surface area contributed by atoms with Crippen molar-refractivity contribution in [3.05, 3.63) is 90.6 Å². The van der Waals surface area contributed by atoms with E-state index < -0.39 is 0 Å². The lowest BCUT2D eigenvalue weighted by atomic mass is 10.0. The number of amides is 1. The SMILES string of the molecule is O=C(CCC(=O)c1ccc(-c2ccccc2)cc1)NCc1nc(-c2ccncc2)no1. The molecule has 0 saturated carbocycles. The molecule has 0 aliphatic heterocycles. The van der Waals surface area contributed by atoms with Gasteiger partial charge in [0.15, 0.2) is 5.78 Å². The molecule has 4 aromatic rings. The van der Waals surface area contributed by atoms with Crippen LogP contribution in [-0.4, -0.2) is 26.8 Å². The summed E-state index contributed by atoms with van der Waals surface area (Å²) in [5.74, 6) is 0.397. The van der Waals surface area contributed by atoms with E-state index in [9.17, 15) is 9.59 Å². The number of hydrogen-bond donors (Lipinski definition) is 1. The van der Waals surface area contributed by atoms with Crippen molar-refractivity contribution in [2.75, 3.05) is 0 Å². The summed E-state index contributed by atoms with van der Waals surface area (Å²) in [6.07, 6.45) is 3.49. The fourth-order valence-corrected chi connectivity index (χ4v) is 3.06. The second kappa shape index (κ2) is 9.58. The summed E-state index contributed by atoms with van der Waals surface area (Å²) in [6.45, 7) is 0.108. The van der Waals surface area contributed by atoms with E-state index in [1.807, 2.05) is 42.5 Å². The first-order chi connectivity index (χ1) is 15.2. The van der Waals surface area contributed by atoms with E-state index in [0.717, 1.165) is 16.7 Å². The van der Waals surface area contributed by atoms with Gasteiger partial charge in [0.1, 0.15) is 0 Å². The molecular formula is C24H20N4O3. The first-order valence-electron chi connectivity index (χ1n) is 9.87. The molecule has 154 valence electrons. The molecule has 4 rings (SSSR count). The van der Waals surface area contributed by atoms with Gasteiger partial charge >= 0.3 is 0 Å². The van der Waals surface area contributed by atoms with Gasteiger partial charge in [-0.05, 0) is 23.3 Å². The average molecular weight is 412 g/mol. The van der Waals surface area contributed by atoms with Crippen molar-refractivity contribution < 1.29 is 14.1 Å². The monoisotopic (exact) mass is 412 g/mol. The Balaban J connectivity index is 1.25. The number of rotatable bonds is 8. The Kier molecular flexibility index (Phi) is 6.23. The molecule has 0 unspecified atom stereocenters. The number of benzene rings is 2. The van der Waals surface area contributed by atoms with Gasteiger partial charge in [-0.25, -0.2) is 0 Å². The van der Waals surface area contributed by atoms with Gasteiger partial charge in [-0.2, -0.15) is 4.98 Å². The third-order valence-electron chi connectivity index (χ3n) is 4.74. The predicted molar refractivity (Wildman–Crippen MR) is 115 cm³/mol. The zero-order valence-corrected chi connectivity index (χ0v) is 16.7. The van der Waals surface area contributed by atoms with Crippen LogP contribution in [0.3, 0.4) is 0 Å². The normalized spacial score (nSPS) is 10.6. The van der Waals surface area contributed by atoms with Crippen molar-refractivity contribution in [3.63, 3.8) is 0 Å². The summed E-state index contributed by atoms with van der Waals surface area (Å²) in [5.41, 5.74) is 3.50. The first kappa shape index (κ1) is 20.2. The summed E-state index contributed by atoms with van der Waals surface area (Å²) in [4.78, 5) is 32.7. The third-order valence-corrected chi connectivity index (χ3v) is 4.74. The number of nitrogens with one attached hydrogen (secondary N) is 1. The van der Waals surface area contributed by atoms with E-state index in [1.165, 1.54) is 0 Å². The van der Waals surface area contributed by atoms with Gasteiger partial charge in [0, 0.05) is 36.4 Å². The number of aromatic nitrogens is 3. The summed E-state index contributed by atoms with van der Waals surface area (Å²) in [5, 5.41) is 6.59. The van der Waals surface area contributed by atoms with Gasteiger partial charge in [-0.15, -0.1) is 0 Å². The molecule has 2 aromatic carbocycles. The van der Waals surface area contributed by atoms with Crippen molar-refractivity contribution in [3.8, 4) is 22.5 Å². The van der Waals surface area contributed by atoms with Gasteiger partial charge in [0.2, 0.25) is 17.6 Å². The first-order valence-corrected chi connectivity index (χ1v) is 9.87. The molecule has 2 aromatic heterocycles. The predicted octanol–water partition coefficient (Wildman–Crippen LogP) is 4.08. The van der Waals surface area contributed by atoms with E-state index >= 15 is 0 Å². The van der Waals surface area contributed by atoms with Crippen LogP contribution in [-0.2, 0) is 11.3 Å². The van der Waals surface area contributed by atoms with Crippen LogP contribution in [0.1, 0.15) is 29.1 Å². The van der Waals surface area contributed by atoms with Crippen LogP contribution in [0.15, 0.2) is 83.6 Å². The van der Waals surface area contributed by atoms with Crippen LogP contribution in [0.25, 0.3) is 22.5 Å². The summed E-state index contributed by atoms with van der Waals surface area (Å²) >= 11 is 0. The van der Waals surface area contributed by atoms with Crippen molar-refractivity contribution in [2.45, 2.75) is 19.4 Å². The van der Waals surface area contributed by atoms with Crippen molar-refractivity contribution in [1.29, 1.82) is 0 Å². The minimum absolute atomic E-state index is 0.0764. The molecule has 1 amide bonds. The Morgan fingerprint density at radius 2 is 1.52 bits per heavy atom. The molecule has 7 heteroatoms. The lowest BCUT2D eigenvalue weighted by Crippen LogP contribution is -2.23. The molecule has 0 spiro atoms. The van der Waals surface area contributed by atoms with Gasteiger partial charge in [0.05, 0.1) is 6.54 Å². The zero-order valence-electron chi connectivity index (χ0n) is 16.7. The Morgan fingerprint density at radius 3 is 2.26 bits per heavy atom. The number of Topliss-reactive ketones (excluding diaryl/α,β-unsaturated/α-hetero) is 1. The second-order valence-electron chi connectivity index (χ2n) is 6.89. The molecule has 0 aliphatic carbocycles. The Morgan fingerprint density at radius 1 is 0.806 bits per heavy atom. The molecule has 7 nitrogen and oxygen atoms in total. The number of nitrogens with zero attached hydrogens (tertiary/aromatic N) is 3. The van der Waals surface area contributed by atoms with Gasteiger partial charge in [0.25, 0.3) is 0 Å². The van der Waals surface area contributed by atoms with Crippen molar-refractivity contribution in [2.24, 2.45) is 0 Å². The number of ketones is 1. The molecule has 0 atom stereocenters. The molecule has 0 radical (unpaired) electrons. The summed E-state index contributed by atoms with van der Waals surface area (Å²) in [7, 11) is 0. The fourth-order valence-electron chi connectivity index (χ4n) is 3.06. The molecule has 0 aliphatic rings. The number of hydrogen-bond acceptors (Lipinski definition) is 6. The van der Waals surface area contributed by atoms with Crippen molar-refractivity contribution in [1.82, 2.24) is 20.4 Å². The van der Waals surface area contributed by atoms with E-state index in [4.69, 9.17) is 4.52 Å². The van der Waals surface area contributed by atoms with Crippen LogP contribution in [0.2, 0.25) is 0 Å². The lowest BCUT2D eigenvalue weighted by molar-refractivity contribution is -0.121. The van der Waals surface area contributed by atoms with Crippen LogP contribution >= 0.6 is 0 Å². The molecule has 2 heterocycles. The highest BCUT2D eigenvalue weighted by Crippen LogP contribution is 2.20. The quantitative estimate of drug-likeness (QED) is 0.438. The smallest absolute Gasteiger partial charge is 0.246 e. The average Bonchev–Trinajstić information content (AvgIpc) is 3.31. The van der Waals surface area contributed by atoms with Gasteiger partial charge < -0.3 is 9.84 Å². The van der Waals surface area contributed by atoms with Crippen LogP contribution in [0.4, 0.5) is 0 Å². The largest absolute Gasteiger partial charge is 0.347 e. The fraction of sp³-hybridized carbons (Fsp3) is 0.125. The number of pyridine rings is 1. The highest BCUT2D eigenvalue weighted by atomic mass is 16.5. The standard InChI is InChI=1S/C24H20N4O3/c29-21(19-8-6-18(7-9-19)17-4-2-1-3-5-17)10-11-22(30)26-16-23-27-24(28-31-23)20-12-14-25-15-13-20/h1-9,12-15H,10-11,16H2,(H,26,30). The second-order valence-corrected chi connectivity index (χ2v) is 6.89. The lowest BCUT2D eigenvalue weighted by Gasteiger charge is -2.05. The molecule has 1 N–H and O–H groups in total. The molecule has 0 saturated heterocycles. The van der Waals surface area contributed by atoms with Crippen LogP contribution in [0, 0.1) is 0 Å². The highest BCUT2D eigenvalue weighted by Gasteiger charge is 2.12. The minimum atomic E-state index is -0.252. The molecule has 0 fully saturated rings. The number of carbonyl (C=O) groups excluding carboxylic acids is 2. The zero-order chi connectivity index (χ0) is 21.5. The van der Waals surface area contributed by atoms with E-state index in [1.54, 1.807) is 36.7 Å². The Labute approximate surface area is 179 Å². The van der Waals surface area contributed by atoms with E-state index in [-0.39, 0.29) is 31.1 Å². The van der Waals surface area contributed by atoms with Crippen molar-refractivity contribution >= 4 is 11.7 Å². The molecular weight excluding hydrogens is 392 g/mol. The third kappa shape index (κ3) is 5.27. The van der Waals surface area contributed by atoms with Crippen LogP contribution in [0.5, 0.6) is 0 Å². The van der Waals surface area contributed by atoms with Gasteiger partial charge in [-0.3, -0.25) is 14.6 Å². The van der Waals surface area contributed by atoms with Gasteiger partial charge in [-0.1, -0.05) is 59.8 Å². The Hall–Kier alpha value is -4.13. The van der Waals surface area contributed by atoms with E-state index in [2.05, 4.69) is 20.4 Å². The molecule has 0 bridgehead atoms. The summed E-state index contributed by atoms with van der Waals surface area (Å²) < 4.78 is 5.15. The maximum absolute atomic E-state index is 12.4. The Bertz CT molecular complexity index is 1160. The van der Waals surface area contributed by atoms with E-state index in [0.29, 0.717) is 17.3 Å². The maximum atomic E-state index is 12.4. The highest BCUT2D eigenvalue weighted by molar-refractivity contribution is 5.98.